The van der Waals surface area contributed by atoms with Gasteiger partial charge in [-0.25, -0.2) is 8.42 Å². The number of nitrogens with one attached hydrogen (secondary N) is 2. The quantitative estimate of drug-likeness (QED) is 0.562. The third kappa shape index (κ3) is 5.46. The molecule has 0 radical (unpaired) electrons. The van der Waals surface area contributed by atoms with Crippen molar-refractivity contribution in [1.82, 2.24) is 4.31 Å². The van der Waals surface area contributed by atoms with Crippen LogP contribution in [-0.2, 0) is 14.8 Å². The van der Waals surface area contributed by atoms with Gasteiger partial charge in [-0.15, -0.1) is 0 Å². The Balaban J connectivity index is 1.77. The van der Waals surface area contributed by atoms with E-state index in [1.807, 2.05) is 0 Å². The van der Waals surface area contributed by atoms with E-state index in [1.165, 1.54) is 17.5 Å². The van der Waals surface area contributed by atoms with Crippen LogP contribution in [0, 0.1) is 0 Å². The van der Waals surface area contributed by atoms with Crippen molar-refractivity contribution in [3.8, 4) is 11.5 Å². The van der Waals surface area contributed by atoms with Gasteiger partial charge >= 0.3 is 0 Å². The molecule has 1 fully saturated rings. The number of rotatable bonds is 9. The van der Waals surface area contributed by atoms with Gasteiger partial charge in [0, 0.05) is 24.5 Å². The number of hydrogen-bond donors (Lipinski definition) is 2. The van der Waals surface area contributed by atoms with E-state index in [2.05, 4.69) is 10.6 Å². The van der Waals surface area contributed by atoms with Gasteiger partial charge in [-0.05, 0) is 63.1 Å². The van der Waals surface area contributed by atoms with Crippen LogP contribution in [0.25, 0.3) is 0 Å². The highest BCUT2D eigenvalue weighted by Gasteiger charge is 2.30. The average molecular weight is 482 g/mol. The van der Waals surface area contributed by atoms with Crippen molar-refractivity contribution in [2.45, 2.75) is 37.6 Å². The van der Waals surface area contributed by atoms with Crippen LogP contribution in [0.2, 0.25) is 5.02 Å². The van der Waals surface area contributed by atoms with E-state index in [0.29, 0.717) is 47.6 Å². The SMILES string of the molecule is CCOc1ccc(N[C@@H](C)C(=O)Nc2ccc(OC)c(Cl)c2)cc1S(=O)(=O)N1CCCC1. The standard InChI is InChI=1S/C22H28ClN3O5S/c1-4-31-20-10-8-17(14-21(20)32(28,29)26-11-5-6-12-26)24-15(2)22(27)25-16-7-9-19(30-3)18(23)13-16/h7-10,13-15,24H,4-6,11-12H2,1-3H3,(H,25,27)/t15-/m0/s1. The van der Waals surface area contributed by atoms with E-state index < -0.39 is 16.1 Å². The number of anilines is 2. The highest BCUT2D eigenvalue weighted by atomic mass is 35.5. The van der Waals surface area contributed by atoms with Crippen LogP contribution in [0.1, 0.15) is 26.7 Å². The predicted octanol–water partition coefficient (Wildman–Crippen LogP) is 3.97. The molecule has 174 valence electrons. The number of nitrogens with zero attached hydrogens (tertiary/aromatic N) is 1. The van der Waals surface area contributed by atoms with E-state index in [9.17, 15) is 13.2 Å². The van der Waals surface area contributed by atoms with Crippen molar-refractivity contribution >= 4 is 38.9 Å². The van der Waals surface area contributed by atoms with E-state index in [0.717, 1.165) is 12.8 Å². The monoisotopic (exact) mass is 481 g/mol. The summed E-state index contributed by atoms with van der Waals surface area (Å²) in [5.74, 6) is 0.510. The summed E-state index contributed by atoms with van der Waals surface area (Å²) >= 11 is 6.11. The van der Waals surface area contributed by atoms with Crippen molar-refractivity contribution < 1.29 is 22.7 Å². The molecule has 0 spiro atoms. The maximum atomic E-state index is 13.1. The minimum atomic E-state index is -3.69. The second-order valence-electron chi connectivity index (χ2n) is 7.41. The Hall–Kier alpha value is -2.49. The zero-order valence-electron chi connectivity index (χ0n) is 18.4. The fraction of sp³-hybridized carbons (Fsp3) is 0.409. The van der Waals surface area contributed by atoms with Gasteiger partial charge in [0.2, 0.25) is 15.9 Å². The van der Waals surface area contributed by atoms with Crippen LogP contribution >= 0.6 is 11.6 Å². The molecule has 1 aliphatic rings. The van der Waals surface area contributed by atoms with Crippen LogP contribution in [0.15, 0.2) is 41.3 Å². The molecule has 0 aromatic heterocycles. The lowest BCUT2D eigenvalue weighted by molar-refractivity contribution is -0.116. The van der Waals surface area contributed by atoms with E-state index in [4.69, 9.17) is 21.1 Å². The Morgan fingerprint density at radius 3 is 2.41 bits per heavy atom. The topological polar surface area (TPSA) is 97.0 Å². The van der Waals surface area contributed by atoms with Crippen LogP contribution in [0.5, 0.6) is 11.5 Å². The van der Waals surface area contributed by atoms with Gasteiger partial charge in [0.1, 0.15) is 22.4 Å². The third-order valence-corrected chi connectivity index (χ3v) is 7.34. The molecular formula is C22H28ClN3O5S. The largest absolute Gasteiger partial charge is 0.495 e. The van der Waals surface area contributed by atoms with Crippen molar-refractivity contribution in [2.75, 3.05) is 37.4 Å². The molecule has 2 aromatic rings. The predicted molar refractivity (Wildman–Crippen MR) is 125 cm³/mol. The molecule has 0 unspecified atom stereocenters. The summed E-state index contributed by atoms with van der Waals surface area (Å²) in [5, 5.41) is 6.23. The molecule has 10 heteroatoms. The Kier molecular flexibility index (Phi) is 7.86. The van der Waals surface area contributed by atoms with Crippen molar-refractivity contribution in [3.63, 3.8) is 0 Å². The van der Waals surface area contributed by atoms with Gasteiger partial charge < -0.3 is 20.1 Å². The minimum Gasteiger partial charge on any atom is -0.495 e. The summed E-state index contributed by atoms with van der Waals surface area (Å²) in [4.78, 5) is 12.7. The first kappa shape index (κ1) is 24.2. The summed E-state index contributed by atoms with van der Waals surface area (Å²) in [6.45, 7) is 4.82. The van der Waals surface area contributed by atoms with Gasteiger partial charge in [0.05, 0.1) is 18.7 Å². The average Bonchev–Trinajstić information content (AvgIpc) is 3.31. The lowest BCUT2D eigenvalue weighted by atomic mass is 10.2. The Morgan fingerprint density at radius 2 is 1.78 bits per heavy atom. The number of benzene rings is 2. The number of carbonyl (C=O) groups is 1. The molecule has 0 saturated carbocycles. The Morgan fingerprint density at radius 1 is 1.12 bits per heavy atom. The number of hydrogen-bond acceptors (Lipinski definition) is 6. The van der Waals surface area contributed by atoms with Gasteiger partial charge in [0.15, 0.2) is 0 Å². The second kappa shape index (κ2) is 10.4. The van der Waals surface area contributed by atoms with E-state index >= 15 is 0 Å². The lowest BCUT2D eigenvalue weighted by Crippen LogP contribution is -2.32. The number of sulfonamides is 1. The molecule has 1 saturated heterocycles. The van der Waals surface area contributed by atoms with Crippen LogP contribution in [-0.4, -0.2) is 51.5 Å². The smallest absolute Gasteiger partial charge is 0.246 e. The first-order valence-electron chi connectivity index (χ1n) is 10.4. The molecule has 0 aliphatic carbocycles. The van der Waals surface area contributed by atoms with Gasteiger partial charge in [-0.2, -0.15) is 4.31 Å². The van der Waals surface area contributed by atoms with Gasteiger partial charge in [-0.1, -0.05) is 11.6 Å². The number of amides is 1. The van der Waals surface area contributed by atoms with Gasteiger partial charge in [0.25, 0.3) is 0 Å². The second-order valence-corrected chi connectivity index (χ2v) is 9.72. The Labute approximate surface area is 193 Å². The normalized spacial score (nSPS) is 15.2. The highest BCUT2D eigenvalue weighted by Crippen LogP contribution is 2.32. The molecule has 8 nitrogen and oxygen atoms in total. The number of carbonyl (C=O) groups excluding carboxylic acids is 1. The molecule has 2 aromatic carbocycles. The summed E-state index contributed by atoms with van der Waals surface area (Å²) < 4.78 is 38.4. The van der Waals surface area contributed by atoms with Crippen molar-refractivity contribution in [2.24, 2.45) is 0 Å². The fourth-order valence-electron chi connectivity index (χ4n) is 3.45. The maximum absolute atomic E-state index is 13.1. The fourth-order valence-corrected chi connectivity index (χ4v) is 5.38. The summed E-state index contributed by atoms with van der Waals surface area (Å²) in [6.07, 6.45) is 1.68. The van der Waals surface area contributed by atoms with Crippen LogP contribution < -0.4 is 20.1 Å². The van der Waals surface area contributed by atoms with Gasteiger partial charge in [-0.3, -0.25) is 4.79 Å². The summed E-state index contributed by atoms with van der Waals surface area (Å²) in [7, 11) is -2.17. The first-order valence-corrected chi connectivity index (χ1v) is 12.3. The van der Waals surface area contributed by atoms with Crippen molar-refractivity contribution in [3.05, 3.63) is 41.4 Å². The molecule has 0 bridgehead atoms. The number of halogens is 1. The van der Waals surface area contributed by atoms with Crippen LogP contribution in [0.3, 0.4) is 0 Å². The zero-order chi connectivity index (χ0) is 23.3. The molecule has 1 atom stereocenters. The summed E-state index contributed by atoms with van der Waals surface area (Å²) in [6, 6.07) is 9.14. The maximum Gasteiger partial charge on any atom is 0.246 e. The molecular weight excluding hydrogens is 454 g/mol. The molecule has 1 amide bonds. The van der Waals surface area contributed by atoms with Crippen molar-refractivity contribution in [1.29, 1.82) is 0 Å². The third-order valence-electron chi connectivity index (χ3n) is 5.12. The molecule has 1 aliphatic heterocycles. The molecule has 2 N–H and O–H groups in total. The number of ether oxygens (including phenoxy) is 2. The zero-order valence-corrected chi connectivity index (χ0v) is 19.9. The van der Waals surface area contributed by atoms with E-state index in [1.54, 1.807) is 44.2 Å². The lowest BCUT2D eigenvalue weighted by Gasteiger charge is -2.20. The first-order chi connectivity index (χ1) is 15.3. The molecule has 32 heavy (non-hydrogen) atoms. The summed E-state index contributed by atoms with van der Waals surface area (Å²) in [5.41, 5.74) is 1.03. The molecule has 3 rings (SSSR count). The minimum absolute atomic E-state index is 0.0980. The number of methoxy groups -OCH3 is 1. The van der Waals surface area contributed by atoms with E-state index in [-0.39, 0.29) is 10.8 Å². The Bertz CT molecular complexity index is 1070. The molecule has 1 heterocycles. The highest BCUT2D eigenvalue weighted by molar-refractivity contribution is 7.89. The van der Waals surface area contributed by atoms with Crippen LogP contribution in [0.4, 0.5) is 11.4 Å².